The van der Waals surface area contributed by atoms with E-state index in [1.165, 1.54) is 27.2 Å². The zero-order chi connectivity index (χ0) is 14.1. The number of unbranched alkanes of at least 4 members (excludes halogenated alkanes) is 3. The highest BCUT2D eigenvalue weighted by Crippen LogP contribution is 2.21. The molecular formula is C12H13N3O2S3. The monoisotopic (exact) mass is 327 g/mol. The van der Waals surface area contributed by atoms with Crippen molar-refractivity contribution in [2.75, 3.05) is 0 Å². The van der Waals surface area contributed by atoms with E-state index in [1.807, 2.05) is 0 Å². The molecule has 5 nitrogen and oxygen atoms in total. The van der Waals surface area contributed by atoms with Crippen molar-refractivity contribution in [1.29, 1.82) is 0 Å². The van der Waals surface area contributed by atoms with E-state index in [4.69, 9.17) is 0 Å². The Hall–Kier alpha value is -1.12. The van der Waals surface area contributed by atoms with E-state index in [1.54, 1.807) is 0 Å². The van der Waals surface area contributed by atoms with Crippen LogP contribution in [0.2, 0.25) is 0 Å². The van der Waals surface area contributed by atoms with E-state index in [0.29, 0.717) is 15.6 Å². The molecule has 0 N–H and O–H groups in total. The Labute approximate surface area is 126 Å². The first-order chi connectivity index (χ1) is 9.72. The van der Waals surface area contributed by atoms with Crippen LogP contribution in [0, 0.1) is 9.06 Å². The molecule has 20 heavy (non-hydrogen) atoms. The second-order valence-corrected chi connectivity index (χ2v) is 7.09. The van der Waals surface area contributed by atoms with E-state index in [-0.39, 0.29) is 11.1 Å². The highest BCUT2D eigenvalue weighted by Gasteiger charge is 2.13. The molecule has 1 aromatic rings. The number of nitrogens with zero attached hydrogens (tertiary/aromatic N) is 3. The van der Waals surface area contributed by atoms with Crippen LogP contribution in [0.1, 0.15) is 32.6 Å². The van der Waals surface area contributed by atoms with Gasteiger partial charge < -0.3 is 0 Å². The third-order valence-corrected chi connectivity index (χ3v) is 6.29. The molecule has 0 saturated carbocycles. The second-order valence-electron chi connectivity index (χ2n) is 4.56. The summed E-state index contributed by atoms with van der Waals surface area (Å²) in [6.45, 7) is 2.65. The summed E-state index contributed by atoms with van der Waals surface area (Å²) in [6.07, 6.45) is 4.20. The largest absolute Gasteiger partial charge is 0.273 e. The molecule has 2 aliphatic rings. The zero-order valence-corrected chi connectivity index (χ0v) is 13.4. The van der Waals surface area contributed by atoms with Crippen LogP contribution < -0.4 is 11.1 Å². The van der Waals surface area contributed by atoms with Gasteiger partial charge in [-0.3, -0.25) is 14.2 Å². The molecule has 0 spiro atoms. The summed E-state index contributed by atoms with van der Waals surface area (Å²) < 4.78 is 10.7. The van der Waals surface area contributed by atoms with Crippen LogP contribution in [-0.2, 0) is 6.54 Å². The highest BCUT2D eigenvalue weighted by atomic mass is 32.1. The maximum atomic E-state index is 12.3. The van der Waals surface area contributed by atoms with E-state index in [2.05, 4.69) is 15.7 Å². The van der Waals surface area contributed by atoms with Crippen molar-refractivity contribution in [2.24, 2.45) is 0 Å². The van der Waals surface area contributed by atoms with Crippen LogP contribution in [0.25, 0.3) is 9.66 Å². The van der Waals surface area contributed by atoms with Gasteiger partial charge in [-0.05, 0) is 6.42 Å². The van der Waals surface area contributed by atoms with Gasteiger partial charge in [-0.25, -0.2) is 0 Å². The average molecular weight is 327 g/mol. The number of rotatable bonds is 5. The molecule has 0 unspecified atom stereocenters. The molecule has 0 radical (unpaired) electrons. The Bertz CT molecular complexity index is 840. The fourth-order valence-electron chi connectivity index (χ4n) is 2.10. The molecule has 2 aliphatic heterocycles. The lowest BCUT2D eigenvalue weighted by Crippen LogP contribution is -2.26. The molecule has 0 aromatic carbocycles. The minimum Gasteiger partial charge on any atom is -0.273 e. The first-order valence-electron chi connectivity index (χ1n) is 6.51. The van der Waals surface area contributed by atoms with Crippen molar-refractivity contribution in [2.45, 2.75) is 39.2 Å². The van der Waals surface area contributed by atoms with Gasteiger partial charge in [0, 0.05) is 6.54 Å². The molecule has 0 saturated heterocycles. The van der Waals surface area contributed by atoms with Gasteiger partial charge in [0.25, 0.3) is 11.1 Å². The summed E-state index contributed by atoms with van der Waals surface area (Å²) in [5, 5.41) is 0. The van der Waals surface area contributed by atoms with Gasteiger partial charge >= 0.3 is 0 Å². The number of hydrogen-bond donors (Lipinski definition) is 0. The van der Waals surface area contributed by atoms with Crippen molar-refractivity contribution in [3.05, 3.63) is 29.8 Å². The predicted molar refractivity (Wildman–Crippen MR) is 83.1 cm³/mol. The Morgan fingerprint density at radius 1 is 0.950 bits per heavy atom. The number of aromatic nitrogens is 3. The predicted octanol–water partition coefficient (Wildman–Crippen LogP) is 2.64. The standard InChI is InChI=1S/C12H13N3O2S3/c1-2-3-4-5-6-15-11(16)7-8(12(15)17)19-10-9(18-7)13-20-14-10/h2-6H2,1H3. The van der Waals surface area contributed by atoms with Crippen molar-refractivity contribution >= 4 is 44.1 Å². The smallest absolute Gasteiger partial charge is 0.272 e. The number of hydrogen-bond acceptors (Lipinski definition) is 7. The third-order valence-electron chi connectivity index (χ3n) is 3.15. The first-order valence-corrected chi connectivity index (χ1v) is 8.87. The minimum atomic E-state index is -0.169. The molecule has 0 fully saturated rings. The fraction of sp³-hybridized carbons (Fsp3) is 0.500. The molecule has 3 heterocycles. The van der Waals surface area contributed by atoms with E-state index in [9.17, 15) is 9.59 Å². The zero-order valence-electron chi connectivity index (χ0n) is 10.9. The number of fused-ring (bicyclic) bond motifs is 1. The summed E-state index contributed by atoms with van der Waals surface area (Å²) in [5.74, 6) is 0. The lowest BCUT2D eigenvalue weighted by atomic mass is 10.2. The molecule has 3 rings (SSSR count). The first kappa shape index (κ1) is 13.8. The Kier molecular flexibility index (Phi) is 3.95. The molecule has 106 valence electrons. The molecule has 8 heteroatoms. The van der Waals surface area contributed by atoms with Crippen LogP contribution in [0.15, 0.2) is 9.59 Å². The third kappa shape index (κ3) is 2.32. The Balaban J connectivity index is 2.06. The minimum absolute atomic E-state index is 0.169. The quantitative estimate of drug-likeness (QED) is 0.676. The summed E-state index contributed by atoms with van der Waals surface area (Å²) in [7, 11) is 0. The van der Waals surface area contributed by atoms with Gasteiger partial charge in [-0.2, -0.15) is 8.75 Å². The summed E-state index contributed by atoms with van der Waals surface area (Å²) in [5.41, 5.74) is -0.338. The fourth-order valence-corrected chi connectivity index (χ4v) is 4.99. The molecule has 0 bridgehead atoms. The lowest BCUT2D eigenvalue weighted by Gasteiger charge is -1.99. The maximum Gasteiger partial charge on any atom is 0.272 e. The maximum absolute atomic E-state index is 12.3. The second kappa shape index (κ2) is 5.71. The van der Waals surface area contributed by atoms with Crippen molar-refractivity contribution in [3.8, 4) is 0 Å². The summed E-state index contributed by atoms with van der Waals surface area (Å²) in [4.78, 5) is 26.1. The van der Waals surface area contributed by atoms with Gasteiger partial charge in [0.2, 0.25) is 0 Å². The van der Waals surface area contributed by atoms with Crippen LogP contribution in [-0.4, -0.2) is 13.3 Å². The van der Waals surface area contributed by atoms with Gasteiger partial charge in [-0.15, -0.1) is 22.7 Å². The van der Waals surface area contributed by atoms with Gasteiger partial charge in [0.05, 0.1) is 11.7 Å². The van der Waals surface area contributed by atoms with Crippen LogP contribution >= 0.6 is 34.4 Å². The summed E-state index contributed by atoms with van der Waals surface area (Å²) in [6, 6.07) is 0. The van der Waals surface area contributed by atoms with Crippen molar-refractivity contribution in [1.82, 2.24) is 13.3 Å². The molecule has 1 aromatic heterocycles. The average Bonchev–Trinajstić information content (AvgIpc) is 2.99. The van der Waals surface area contributed by atoms with Crippen LogP contribution in [0.4, 0.5) is 0 Å². The van der Waals surface area contributed by atoms with E-state index < -0.39 is 0 Å². The molecule has 0 aliphatic carbocycles. The molecule has 0 atom stereocenters. The van der Waals surface area contributed by atoms with Crippen LogP contribution in [0.3, 0.4) is 0 Å². The van der Waals surface area contributed by atoms with E-state index >= 15 is 0 Å². The summed E-state index contributed by atoms with van der Waals surface area (Å²) >= 11 is 3.67. The van der Waals surface area contributed by atoms with E-state index in [0.717, 1.165) is 47.1 Å². The molecule has 0 amide bonds. The lowest BCUT2D eigenvalue weighted by molar-refractivity contribution is 0.565. The SMILES string of the molecule is CCCCCCn1c(=O)c2sc3nsnc3sc=2c1=O. The van der Waals surface area contributed by atoms with Gasteiger partial charge in [0.15, 0.2) is 9.66 Å². The van der Waals surface area contributed by atoms with Crippen LogP contribution in [0.5, 0.6) is 0 Å². The normalized spacial score (nSPS) is 11.7. The van der Waals surface area contributed by atoms with Gasteiger partial charge in [0.1, 0.15) is 9.06 Å². The highest BCUT2D eigenvalue weighted by molar-refractivity contribution is 7.27. The Morgan fingerprint density at radius 3 is 2.10 bits per heavy atom. The van der Waals surface area contributed by atoms with Crippen molar-refractivity contribution < 1.29 is 0 Å². The van der Waals surface area contributed by atoms with Crippen molar-refractivity contribution in [3.63, 3.8) is 0 Å². The van der Waals surface area contributed by atoms with Gasteiger partial charge in [-0.1, -0.05) is 26.2 Å². The molecular weight excluding hydrogens is 314 g/mol. The Morgan fingerprint density at radius 2 is 1.55 bits per heavy atom. The topological polar surface area (TPSA) is 64.8 Å².